The molecule has 2 aromatic carbocycles. The van der Waals surface area contributed by atoms with E-state index in [1.807, 2.05) is 6.92 Å². The molecule has 0 fully saturated rings. The van der Waals surface area contributed by atoms with E-state index >= 15 is 0 Å². The second kappa shape index (κ2) is 10.3. The maximum atomic E-state index is 12.4. The van der Waals surface area contributed by atoms with Crippen LogP contribution in [0.5, 0.6) is 5.75 Å². The summed E-state index contributed by atoms with van der Waals surface area (Å²) in [6.07, 6.45) is 4.37. The van der Waals surface area contributed by atoms with Crippen LogP contribution >= 0.6 is 0 Å². The van der Waals surface area contributed by atoms with Gasteiger partial charge in [-0.2, -0.15) is 0 Å². The van der Waals surface area contributed by atoms with E-state index < -0.39 is 0 Å². The SMILES string of the molecule is CCCOc1ccc(C(=O)CCC(=O)Nc2ccc(C(=O)c3nccn3C)cc2)cc1. The van der Waals surface area contributed by atoms with Crippen LogP contribution in [-0.2, 0) is 11.8 Å². The Bertz CT molecular complexity index is 1050. The lowest BCUT2D eigenvalue weighted by molar-refractivity contribution is -0.116. The number of benzene rings is 2. The smallest absolute Gasteiger partial charge is 0.228 e. The molecule has 0 radical (unpaired) electrons. The Hall–Kier alpha value is -3.74. The van der Waals surface area contributed by atoms with Crippen molar-refractivity contribution in [3.05, 3.63) is 77.9 Å². The summed E-state index contributed by atoms with van der Waals surface area (Å²) in [5.74, 6) is 0.510. The number of nitrogens with zero attached hydrogens (tertiary/aromatic N) is 2. The highest BCUT2D eigenvalue weighted by atomic mass is 16.5. The monoisotopic (exact) mass is 419 g/mol. The van der Waals surface area contributed by atoms with Gasteiger partial charge in [0.1, 0.15) is 5.75 Å². The van der Waals surface area contributed by atoms with Gasteiger partial charge in [-0.15, -0.1) is 0 Å². The normalized spacial score (nSPS) is 10.5. The Balaban J connectivity index is 1.49. The summed E-state index contributed by atoms with van der Waals surface area (Å²) in [6, 6.07) is 13.5. The lowest BCUT2D eigenvalue weighted by atomic mass is 10.1. The summed E-state index contributed by atoms with van der Waals surface area (Å²) in [5.41, 5.74) is 1.59. The number of carbonyl (C=O) groups excluding carboxylic acids is 3. The Morgan fingerprint density at radius 2 is 1.65 bits per heavy atom. The van der Waals surface area contributed by atoms with E-state index in [9.17, 15) is 14.4 Å². The number of carbonyl (C=O) groups is 3. The van der Waals surface area contributed by atoms with Crippen LogP contribution in [0.2, 0.25) is 0 Å². The molecule has 3 aromatic rings. The van der Waals surface area contributed by atoms with Crippen LogP contribution in [-0.4, -0.2) is 33.6 Å². The highest BCUT2D eigenvalue weighted by Gasteiger charge is 2.14. The molecular formula is C24H25N3O4. The van der Waals surface area contributed by atoms with E-state index in [-0.39, 0.29) is 30.3 Å². The first-order valence-corrected chi connectivity index (χ1v) is 10.2. The van der Waals surface area contributed by atoms with Gasteiger partial charge in [-0.05, 0) is 55.0 Å². The molecule has 7 heteroatoms. The quantitative estimate of drug-likeness (QED) is 0.501. The molecule has 0 atom stereocenters. The molecule has 160 valence electrons. The largest absolute Gasteiger partial charge is 0.494 e. The van der Waals surface area contributed by atoms with Crippen LogP contribution in [0.3, 0.4) is 0 Å². The Kier molecular flexibility index (Phi) is 7.32. The van der Waals surface area contributed by atoms with Crippen molar-refractivity contribution in [1.29, 1.82) is 0 Å². The van der Waals surface area contributed by atoms with Crippen molar-refractivity contribution in [2.75, 3.05) is 11.9 Å². The molecule has 0 spiro atoms. The zero-order valence-electron chi connectivity index (χ0n) is 17.6. The number of hydrogen-bond acceptors (Lipinski definition) is 5. The summed E-state index contributed by atoms with van der Waals surface area (Å²) in [7, 11) is 1.75. The van der Waals surface area contributed by atoms with E-state index in [2.05, 4.69) is 10.3 Å². The van der Waals surface area contributed by atoms with E-state index in [0.717, 1.165) is 12.2 Å². The number of anilines is 1. The molecule has 1 amide bonds. The molecule has 0 aliphatic rings. The van der Waals surface area contributed by atoms with Gasteiger partial charge in [0.05, 0.1) is 6.61 Å². The highest BCUT2D eigenvalue weighted by Crippen LogP contribution is 2.16. The van der Waals surface area contributed by atoms with Gasteiger partial charge in [0.25, 0.3) is 0 Å². The van der Waals surface area contributed by atoms with Gasteiger partial charge in [0, 0.05) is 49.1 Å². The zero-order valence-corrected chi connectivity index (χ0v) is 17.6. The number of ether oxygens (including phenoxy) is 1. The molecule has 7 nitrogen and oxygen atoms in total. The van der Waals surface area contributed by atoms with Crippen molar-refractivity contribution in [1.82, 2.24) is 9.55 Å². The van der Waals surface area contributed by atoms with Crippen molar-refractivity contribution in [2.24, 2.45) is 7.05 Å². The number of amides is 1. The molecule has 0 aliphatic carbocycles. The first-order valence-electron chi connectivity index (χ1n) is 10.2. The van der Waals surface area contributed by atoms with Crippen molar-refractivity contribution in [3.8, 4) is 5.75 Å². The zero-order chi connectivity index (χ0) is 22.2. The molecule has 0 saturated carbocycles. The Labute approximate surface area is 181 Å². The number of aryl methyl sites for hydroxylation is 1. The van der Waals surface area contributed by atoms with E-state index in [1.165, 1.54) is 0 Å². The van der Waals surface area contributed by atoms with Crippen molar-refractivity contribution < 1.29 is 19.1 Å². The number of Topliss-reactive ketones (excluding diaryl/α,β-unsaturated/α-hetero) is 1. The molecule has 31 heavy (non-hydrogen) atoms. The summed E-state index contributed by atoms with van der Waals surface area (Å²) in [4.78, 5) is 41.0. The third-order valence-electron chi connectivity index (χ3n) is 4.68. The van der Waals surface area contributed by atoms with E-state index in [4.69, 9.17) is 4.74 Å². The standard InChI is InChI=1S/C24H25N3O4/c1-3-16-31-20-10-6-17(7-11-20)21(28)12-13-22(29)26-19-8-4-18(5-9-19)23(30)24-25-14-15-27(24)2/h4-11,14-15H,3,12-13,16H2,1-2H3,(H,26,29). The summed E-state index contributed by atoms with van der Waals surface area (Å²) in [6.45, 7) is 2.66. The number of nitrogens with one attached hydrogen (secondary N) is 1. The van der Waals surface area contributed by atoms with Crippen LogP contribution < -0.4 is 10.1 Å². The van der Waals surface area contributed by atoms with Crippen LogP contribution in [0.25, 0.3) is 0 Å². The van der Waals surface area contributed by atoms with Crippen LogP contribution in [0.4, 0.5) is 5.69 Å². The van der Waals surface area contributed by atoms with Crippen LogP contribution in [0.15, 0.2) is 60.9 Å². The molecule has 1 N–H and O–H groups in total. The minimum Gasteiger partial charge on any atom is -0.494 e. The average Bonchev–Trinajstić information content (AvgIpc) is 3.22. The minimum atomic E-state index is -0.264. The molecule has 0 saturated heterocycles. The van der Waals surface area contributed by atoms with Gasteiger partial charge < -0.3 is 14.6 Å². The summed E-state index contributed by atoms with van der Waals surface area (Å²) >= 11 is 0. The Morgan fingerprint density at radius 3 is 2.26 bits per heavy atom. The molecule has 0 unspecified atom stereocenters. The van der Waals surface area contributed by atoms with Crippen LogP contribution in [0, 0.1) is 0 Å². The first kappa shape index (κ1) is 22.0. The maximum Gasteiger partial charge on any atom is 0.228 e. The van der Waals surface area contributed by atoms with Crippen LogP contribution in [0.1, 0.15) is 52.7 Å². The van der Waals surface area contributed by atoms with E-state index in [1.54, 1.807) is 72.5 Å². The highest BCUT2D eigenvalue weighted by molar-refractivity contribution is 6.07. The van der Waals surface area contributed by atoms with Gasteiger partial charge in [-0.1, -0.05) is 6.92 Å². The van der Waals surface area contributed by atoms with Gasteiger partial charge >= 0.3 is 0 Å². The second-order valence-corrected chi connectivity index (χ2v) is 7.11. The Morgan fingerprint density at radius 1 is 0.968 bits per heavy atom. The van der Waals surface area contributed by atoms with Gasteiger partial charge in [0.15, 0.2) is 11.6 Å². The van der Waals surface area contributed by atoms with Gasteiger partial charge in [-0.25, -0.2) is 4.98 Å². The summed E-state index contributed by atoms with van der Waals surface area (Å²) in [5, 5.41) is 2.75. The lowest BCUT2D eigenvalue weighted by Crippen LogP contribution is -2.14. The van der Waals surface area contributed by atoms with Crippen molar-refractivity contribution in [3.63, 3.8) is 0 Å². The molecular weight excluding hydrogens is 394 g/mol. The van der Waals surface area contributed by atoms with Gasteiger partial charge in [0.2, 0.25) is 11.7 Å². The van der Waals surface area contributed by atoms with E-state index in [0.29, 0.717) is 29.2 Å². The number of aromatic nitrogens is 2. The summed E-state index contributed by atoms with van der Waals surface area (Å²) < 4.78 is 7.16. The third-order valence-corrected chi connectivity index (χ3v) is 4.68. The predicted octanol–water partition coefficient (Wildman–Crippen LogP) is 4.04. The topological polar surface area (TPSA) is 90.3 Å². The molecule has 1 aromatic heterocycles. The number of imidazole rings is 1. The molecule has 0 aliphatic heterocycles. The molecule has 3 rings (SSSR count). The lowest BCUT2D eigenvalue weighted by Gasteiger charge is -2.07. The fraction of sp³-hybridized carbons (Fsp3) is 0.250. The number of ketones is 2. The van der Waals surface area contributed by atoms with Crippen molar-refractivity contribution in [2.45, 2.75) is 26.2 Å². The molecule has 1 heterocycles. The first-order chi connectivity index (χ1) is 15.0. The molecule has 0 bridgehead atoms. The third kappa shape index (κ3) is 5.88. The fourth-order valence-electron chi connectivity index (χ4n) is 2.97. The second-order valence-electron chi connectivity index (χ2n) is 7.11. The minimum absolute atomic E-state index is 0.0703. The van der Waals surface area contributed by atoms with Gasteiger partial charge in [-0.3, -0.25) is 14.4 Å². The number of rotatable bonds is 10. The number of hydrogen-bond donors (Lipinski definition) is 1. The predicted molar refractivity (Wildman–Crippen MR) is 118 cm³/mol. The maximum absolute atomic E-state index is 12.4. The van der Waals surface area contributed by atoms with Crippen molar-refractivity contribution >= 4 is 23.2 Å². The fourth-order valence-corrected chi connectivity index (χ4v) is 2.97. The average molecular weight is 419 g/mol.